The van der Waals surface area contributed by atoms with Crippen LogP contribution in [0.1, 0.15) is 30.6 Å². The van der Waals surface area contributed by atoms with Crippen molar-refractivity contribution in [2.45, 2.75) is 20.3 Å². The summed E-state index contributed by atoms with van der Waals surface area (Å²) in [5.41, 5.74) is 8.14. The summed E-state index contributed by atoms with van der Waals surface area (Å²) < 4.78 is 0. The zero-order valence-electron chi connectivity index (χ0n) is 15.8. The van der Waals surface area contributed by atoms with Crippen LogP contribution in [-0.4, -0.2) is 51.9 Å². The number of aromatic nitrogens is 3. The lowest BCUT2D eigenvalue weighted by Crippen LogP contribution is -2.25. The van der Waals surface area contributed by atoms with Crippen LogP contribution in [0.5, 0.6) is 0 Å². The summed E-state index contributed by atoms with van der Waals surface area (Å²) in [6.45, 7) is 8.43. The zero-order chi connectivity index (χ0) is 19.2. The molecule has 7 nitrogen and oxygen atoms in total. The molecular weight excluding hydrogens is 340 g/mol. The lowest BCUT2D eigenvalue weighted by molar-refractivity contribution is 0.100. The number of anilines is 1. The minimum Gasteiger partial charge on any atom is -0.370 e. The second-order valence-electron chi connectivity index (χ2n) is 6.39. The highest BCUT2D eigenvalue weighted by molar-refractivity contribution is 6.04. The molecule has 2 heterocycles. The van der Waals surface area contributed by atoms with E-state index in [0.717, 1.165) is 49.5 Å². The molecule has 27 heavy (non-hydrogen) atoms. The van der Waals surface area contributed by atoms with Gasteiger partial charge in [0, 0.05) is 18.3 Å². The number of benzene rings is 1. The first-order valence-corrected chi connectivity index (χ1v) is 9.33. The number of H-pyrrole nitrogens is 1. The Morgan fingerprint density at radius 1 is 1.26 bits per heavy atom. The van der Waals surface area contributed by atoms with Crippen LogP contribution in [0.2, 0.25) is 0 Å². The number of imidazole rings is 1. The average molecular weight is 366 g/mol. The average Bonchev–Trinajstić information content (AvgIpc) is 3.12. The van der Waals surface area contributed by atoms with Gasteiger partial charge < -0.3 is 20.9 Å². The van der Waals surface area contributed by atoms with Crippen molar-refractivity contribution in [1.29, 1.82) is 0 Å². The molecule has 0 radical (unpaired) electrons. The van der Waals surface area contributed by atoms with Crippen molar-refractivity contribution in [1.82, 2.24) is 19.9 Å². The highest BCUT2D eigenvalue weighted by Crippen LogP contribution is 2.23. The van der Waals surface area contributed by atoms with Crippen LogP contribution < -0.4 is 11.1 Å². The lowest BCUT2D eigenvalue weighted by atomic mass is 10.2. The van der Waals surface area contributed by atoms with E-state index in [-0.39, 0.29) is 0 Å². The molecule has 3 rings (SSSR count). The number of para-hydroxylation sites is 1. The number of fused-ring (bicyclic) bond motifs is 1. The monoisotopic (exact) mass is 366 g/mol. The van der Waals surface area contributed by atoms with Gasteiger partial charge in [0.1, 0.15) is 17.2 Å². The van der Waals surface area contributed by atoms with Crippen molar-refractivity contribution < 1.29 is 4.79 Å². The molecular formula is C20H26N6O. The molecule has 2 aromatic heterocycles. The third kappa shape index (κ3) is 4.43. The van der Waals surface area contributed by atoms with Gasteiger partial charge in [0.05, 0.1) is 11.1 Å². The number of aromatic amines is 1. The molecule has 0 aliphatic rings. The molecule has 0 aliphatic carbocycles. The van der Waals surface area contributed by atoms with Crippen LogP contribution in [-0.2, 0) is 0 Å². The fraction of sp³-hybridized carbons (Fsp3) is 0.350. The van der Waals surface area contributed by atoms with Gasteiger partial charge in [-0.25, -0.2) is 9.97 Å². The Balaban J connectivity index is 1.73. The number of nitrogens with two attached hydrogens (primary N) is 1. The zero-order valence-corrected chi connectivity index (χ0v) is 15.8. The number of carbonyl (C=O) groups is 1. The molecule has 4 N–H and O–H groups in total. The Labute approximate surface area is 159 Å². The van der Waals surface area contributed by atoms with Crippen molar-refractivity contribution in [3.8, 4) is 11.4 Å². The Bertz CT molecular complexity index is 916. The van der Waals surface area contributed by atoms with Crippen LogP contribution >= 0.6 is 0 Å². The van der Waals surface area contributed by atoms with E-state index in [1.54, 1.807) is 18.3 Å². The minimum absolute atomic E-state index is 0.416. The lowest BCUT2D eigenvalue weighted by Gasteiger charge is -2.17. The highest BCUT2D eigenvalue weighted by Gasteiger charge is 2.12. The minimum atomic E-state index is -0.482. The van der Waals surface area contributed by atoms with Crippen molar-refractivity contribution >= 4 is 22.8 Å². The van der Waals surface area contributed by atoms with E-state index in [1.807, 2.05) is 18.2 Å². The first-order valence-electron chi connectivity index (χ1n) is 9.33. The predicted molar refractivity (Wildman–Crippen MR) is 109 cm³/mol. The number of rotatable bonds is 9. The molecule has 0 saturated heterocycles. The second-order valence-corrected chi connectivity index (χ2v) is 6.39. The number of nitrogens with one attached hydrogen (secondary N) is 2. The quantitative estimate of drug-likeness (QED) is 0.506. The summed E-state index contributed by atoms with van der Waals surface area (Å²) in [6.07, 6.45) is 2.81. The van der Waals surface area contributed by atoms with E-state index in [9.17, 15) is 4.79 Å². The van der Waals surface area contributed by atoms with E-state index in [4.69, 9.17) is 5.73 Å². The Morgan fingerprint density at radius 2 is 2.07 bits per heavy atom. The van der Waals surface area contributed by atoms with E-state index in [0.29, 0.717) is 16.9 Å². The molecule has 3 aromatic rings. The molecule has 142 valence electrons. The first kappa shape index (κ1) is 18.8. The van der Waals surface area contributed by atoms with Crippen molar-refractivity contribution in [2.75, 3.05) is 31.5 Å². The van der Waals surface area contributed by atoms with Crippen LogP contribution in [0.4, 0.5) is 5.82 Å². The maximum absolute atomic E-state index is 11.6. The standard InChI is InChI=1S/C20H26N6O/c1-3-26(4-2)12-6-10-22-17-13-14(9-11-23-17)20-24-16-8-5-7-15(19(21)27)18(16)25-20/h5,7-9,11,13H,3-4,6,10,12H2,1-2H3,(H2,21,27)(H,22,23)(H,24,25). The maximum Gasteiger partial charge on any atom is 0.250 e. The van der Waals surface area contributed by atoms with Gasteiger partial charge in [0.15, 0.2) is 0 Å². The molecule has 0 unspecified atom stereocenters. The summed E-state index contributed by atoms with van der Waals surface area (Å²) in [4.78, 5) is 26.2. The van der Waals surface area contributed by atoms with Crippen molar-refractivity contribution in [3.63, 3.8) is 0 Å². The summed E-state index contributed by atoms with van der Waals surface area (Å²) in [5, 5.41) is 3.37. The van der Waals surface area contributed by atoms with E-state index < -0.39 is 5.91 Å². The van der Waals surface area contributed by atoms with Gasteiger partial charge in [-0.05, 0) is 50.3 Å². The summed E-state index contributed by atoms with van der Waals surface area (Å²) in [7, 11) is 0. The van der Waals surface area contributed by atoms with Crippen LogP contribution in [0.3, 0.4) is 0 Å². The molecule has 0 fully saturated rings. The predicted octanol–water partition coefficient (Wildman–Crippen LogP) is 2.87. The van der Waals surface area contributed by atoms with Crippen LogP contribution in [0.25, 0.3) is 22.4 Å². The van der Waals surface area contributed by atoms with Gasteiger partial charge in [-0.2, -0.15) is 0 Å². The number of amides is 1. The Morgan fingerprint density at radius 3 is 2.81 bits per heavy atom. The maximum atomic E-state index is 11.6. The van der Waals surface area contributed by atoms with Crippen LogP contribution in [0, 0.1) is 0 Å². The third-order valence-corrected chi connectivity index (χ3v) is 4.66. The second kappa shape index (κ2) is 8.64. The number of pyridine rings is 1. The molecule has 0 spiro atoms. The molecule has 1 amide bonds. The van der Waals surface area contributed by atoms with Crippen molar-refractivity contribution in [3.05, 3.63) is 42.1 Å². The topological polar surface area (TPSA) is 99.9 Å². The molecule has 0 saturated carbocycles. The number of hydrogen-bond donors (Lipinski definition) is 3. The number of nitrogens with zero attached hydrogens (tertiary/aromatic N) is 3. The molecule has 0 atom stereocenters. The molecule has 0 aliphatic heterocycles. The molecule has 0 bridgehead atoms. The summed E-state index contributed by atoms with van der Waals surface area (Å²) in [6, 6.07) is 9.21. The van der Waals surface area contributed by atoms with Gasteiger partial charge in [-0.15, -0.1) is 0 Å². The number of carbonyl (C=O) groups excluding carboxylic acids is 1. The van der Waals surface area contributed by atoms with Gasteiger partial charge in [0.2, 0.25) is 0 Å². The molecule has 1 aromatic carbocycles. The van der Waals surface area contributed by atoms with Gasteiger partial charge in [-0.1, -0.05) is 19.9 Å². The number of primary amides is 1. The summed E-state index contributed by atoms with van der Waals surface area (Å²) in [5.74, 6) is 1.01. The van der Waals surface area contributed by atoms with E-state index >= 15 is 0 Å². The third-order valence-electron chi connectivity index (χ3n) is 4.66. The Hall–Kier alpha value is -2.93. The van der Waals surface area contributed by atoms with Gasteiger partial charge in [-0.3, -0.25) is 4.79 Å². The number of hydrogen-bond acceptors (Lipinski definition) is 5. The fourth-order valence-corrected chi connectivity index (χ4v) is 3.10. The largest absolute Gasteiger partial charge is 0.370 e. The van der Waals surface area contributed by atoms with Gasteiger partial charge in [0.25, 0.3) is 5.91 Å². The first-order chi connectivity index (χ1) is 13.1. The van der Waals surface area contributed by atoms with Crippen LogP contribution in [0.15, 0.2) is 36.5 Å². The molecule has 7 heteroatoms. The summed E-state index contributed by atoms with van der Waals surface area (Å²) >= 11 is 0. The smallest absolute Gasteiger partial charge is 0.250 e. The fourth-order valence-electron chi connectivity index (χ4n) is 3.10. The highest BCUT2D eigenvalue weighted by atomic mass is 16.1. The Kier molecular flexibility index (Phi) is 6.03. The van der Waals surface area contributed by atoms with Gasteiger partial charge >= 0.3 is 0 Å². The SMILES string of the molecule is CCN(CC)CCCNc1cc(-c2nc3c(C(N)=O)cccc3[nH]2)ccn1. The normalized spacial score (nSPS) is 11.2. The van der Waals surface area contributed by atoms with E-state index in [2.05, 4.69) is 39.0 Å². The van der Waals surface area contributed by atoms with Crippen molar-refractivity contribution in [2.24, 2.45) is 5.73 Å². The van der Waals surface area contributed by atoms with E-state index in [1.165, 1.54) is 0 Å².